The van der Waals surface area contributed by atoms with Crippen LogP contribution in [-0.2, 0) is 14.8 Å². The molecule has 3 aromatic carbocycles. The van der Waals surface area contributed by atoms with Gasteiger partial charge in [0.25, 0.3) is 15.9 Å². The Morgan fingerprint density at radius 3 is 2.24 bits per heavy atom. The molecule has 3 rings (SSSR count). The van der Waals surface area contributed by atoms with E-state index < -0.39 is 15.9 Å². The third-order valence-electron chi connectivity index (χ3n) is 4.87. The van der Waals surface area contributed by atoms with Crippen molar-refractivity contribution < 1.29 is 18.0 Å². The number of likely N-dealkylation sites (N-methyl/N-ethyl adjacent to an activating group) is 1. The van der Waals surface area contributed by atoms with Crippen molar-refractivity contribution >= 4 is 44.8 Å². The number of nitrogens with zero attached hydrogens (tertiary/aromatic N) is 2. The molecule has 0 aliphatic carbocycles. The molecular weight excluding hydrogens is 474 g/mol. The van der Waals surface area contributed by atoms with Crippen LogP contribution in [-0.4, -0.2) is 45.3 Å². The third-order valence-corrected chi connectivity index (χ3v) is 7.15. The average molecular weight is 498 g/mol. The maximum atomic E-state index is 13.5. The summed E-state index contributed by atoms with van der Waals surface area (Å²) in [5.41, 5.74) is 1.13. The first kappa shape index (κ1) is 25.0. The molecule has 0 aliphatic heterocycles. The Bertz CT molecular complexity index is 1280. The number of carbonyl (C=O) groups excluding carboxylic acids is 2. The molecule has 0 unspecified atom stereocenters. The molecule has 7 nitrogen and oxygen atoms in total. The van der Waals surface area contributed by atoms with Crippen molar-refractivity contribution in [1.29, 1.82) is 0 Å². The van der Waals surface area contributed by atoms with Crippen molar-refractivity contribution in [2.45, 2.75) is 4.90 Å². The van der Waals surface area contributed by atoms with Gasteiger partial charge in [0.15, 0.2) is 0 Å². The van der Waals surface area contributed by atoms with Crippen molar-refractivity contribution in [1.82, 2.24) is 4.90 Å². The lowest BCUT2D eigenvalue weighted by molar-refractivity contribution is -0.116. The third kappa shape index (κ3) is 5.84. The van der Waals surface area contributed by atoms with Crippen LogP contribution in [0.3, 0.4) is 0 Å². The molecule has 0 aromatic heterocycles. The highest BCUT2D eigenvalue weighted by molar-refractivity contribution is 7.93. The Hall–Kier alpha value is -3.62. The van der Waals surface area contributed by atoms with Gasteiger partial charge in [-0.25, -0.2) is 8.42 Å². The van der Waals surface area contributed by atoms with E-state index in [9.17, 15) is 18.0 Å². The first-order chi connectivity index (χ1) is 16.2. The minimum Gasteiger partial charge on any atom is -0.332 e. The Morgan fingerprint density at radius 2 is 1.62 bits per heavy atom. The van der Waals surface area contributed by atoms with Gasteiger partial charge in [-0.1, -0.05) is 54.1 Å². The van der Waals surface area contributed by atoms with Gasteiger partial charge in [0, 0.05) is 18.3 Å². The largest absolute Gasteiger partial charge is 0.332 e. The predicted octanol–water partition coefficient (Wildman–Crippen LogP) is 4.43. The van der Waals surface area contributed by atoms with Crippen molar-refractivity contribution in [3.63, 3.8) is 0 Å². The van der Waals surface area contributed by atoms with Crippen molar-refractivity contribution in [3.05, 3.63) is 102 Å². The fourth-order valence-corrected chi connectivity index (χ4v) is 5.17. The first-order valence-corrected chi connectivity index (χ1v) is 12.1. The van der Waals surface area contributed by atoms with E-state index in [2.05, 4.69) is 11.9 Å². The summed E-state index contributed by atoms with van der Waals surface area (Å²) in [6.45, 7) is 3.44. The molecule has 2 amide bonds. The van der Waals surface area contributed by atoms with E-state index in [1.165, 1.54) is 36.2 Å². The number of carbonyl (C=O) groups is 2. The van der Waals surface area contributed by atoms with Gasteiger partial charge in [0.05, 0.1) is 23.8 Å². The van der Waals surface area contributed by atoms with Crippen LogP contribution in [0.5, 0.6) is 0 Å². The summed E-state index contributed by atoms with van der Waals surface area (Å²) in [6, 6.07) is 21.4. The van der Waals surface area contributed by atoms with E-state index in [-0.39, 0.29) is 34.5 Å². The monoisotopic (exact) mass is 497 g/mol. The fourth-order valence-electron chi connectivity index (χ4n) is 3.24. The highest BCUT2D eigenvalue weighted by Gasteiger charge is 2.28. The molecule has 0 spiro atoms. The number of anilines is 2. The molecule has 176 valence electrons. The van der Waals surface area contributed by atoms with E-state index >= 15 is 0 Å². The van der Waals surface area contributed by atoms with Gasteiger partial charge in [-0.05, 0) is 42.5 Å². The van der Waals surface area contributed by atoms with Gasteiger partial charge in [-0.2, -0.15) is 0 Å². The Balaban J connectivity index is 1.85. The number of halogens is 1. The number of nitrogens with one attached hydrogen (secondary N) is 1. The molecular formula is C25H24ClN3O4S. The van der Waals surface area contributed by atoms with Gasteiger partial charge in [-0.3, -0.25) is 13.9 Å². The van der Waals surface area contributed by atoms with Gasteiger partial charge in [-0.15, -0.1) is 6.58 Å². The summed E-state index contributed by atoms with van der Waals surface area (Å²) >= 11 is 6.25. The maximum absolute atomic E-state index is 13.5. The summed E-state index contributed by atoms with van der Waals surface area (Å²) in [5.74, 6) is -0.906. The van der Waals surface area contributed by atoms with Crippen LogP contribution in [0.15, 0.2) is 96.4 Å². The molecule has 0 aliphatic rings. The minimum atomic E-state index is -4.11. The van der Waals surface area contributed by atoms with Crippen LogP contribution in [0, 0.1) is 0 Å². The van der Waals surface area contributed by atoms with Crippen LogP contribution in [0.2, 0.25) is 5.02 Å². The number of rotatable bonds is 9. The second-order valence-electron chi connectivity index (χ2n) is 7.38. The van der Waals surface area contributed by atoms with E-state index in [4.69, 9.17) is 11.6 Å². The number of sulfonamides is 1. The van der Waals surface area contributed by atoms with Crippen molar-refractivity contribution in [2.24, 2.45) is 0 Å². The highest BCUT2D eigenvalue weighted by Crippen LogP contribution is 2.29. The summed E-state index contributed by atoms with van der Waals surface area (Å²) in [6.07, 6.45) is 1.46. The molecule has 0 heterocycles. The zero-order chi connectivity index (χ0) is 24.7. The topological polar surface area (TPSA) is 86.8 Å². The Kier molecular flexibility index (Phi) is 8.09. The smallest absolute Gasteiger partial charge is 0.266 e. The molecule has 3 aromatic rings. The van der Waals surface area contributed by atoms with Crippen LogP contribution >= 0.6 is 11.6 Å². The zero-order valence-corrected chi connectivity index (χ0v) is 20.1. The second-order valence-corrected chi connectivity index (χ2v) is 9.62. The van der Waals surface area contributed by atoms with Gasteiger partial charge >= 0.3 is 0 Å². The molecule has 0 saturated carbocycles. The number of benzene rings is 3. The predicted molar refractivity (Wildman–Crippen MR) is 135 cm³/mol. The summed E-state index contributed by atoms with van der Waals surface area (Å²) < 4.78 is 28.1. The van der Waals surface area contributed by atoms with E-state index in [1.807, 2.05) is 6.07 Å². The molecule has 9 heteroatoms. The lowest BCUT2D eigenvalue weighted by atomic mass is 10.2. The molecule has 0 atom stereocenters. The number of para-hydroxylation sites is 2. The first-order valence-electron chi connectivity index (χ1n) is 10.3. The lowest BCUT2D eigenvalue weighted by Gasteiger charge is -2.24. The standard InChI is InChI=1S/C25H24ClN3O4S/c1-3-16-29(21-12-8-5-9-13-21)34(32,33)23-17-19(14-15-22(23)26)25(31)28(2)18-24(30)27-20-10-6-4-7-11-20/h3-15,17H,1,16,18H2,2H3,(H,27,30). The van der Waals surface area contributed by atoms with Crippen molar-refractivity contribution in [2.75, 3.05) is 29.8 Å². The van der Waals surface area contributed by atoms with E-state index in [0.717, 1.165) is 4.31 Å². The van der Waals surface area contributed by atoms with Crippen LogP contribution in [0.25, 0.3) is 0 Å². The number of hydrogen-bond donors (Lipinski definition) is 1. The SMILES string of the molecule is C=CCN(c1ccccc1)S(=O)(=O)c1cc(C(=O)N(C)CC(=O)Nc2ccccc2)ccc1Cl. The molecule has 0 saturated heterocycles. The second kappa shape index (κ2) is 11.0. The summed E-state index contributed by atoms with van der Waals surface area (Å²) in [7, 11) is -2.65. The van der Waals surface area contributed by atoms with Crippen LogP contribution in [0.1, 0.15) is 10.4 Å². The van der Waals surface area contributed by atoms with E-state index in [1.54, 1.807) is 54.6 Å². The molecule has 0 fully saturated rings. The zero-order valence-electron chi connectivity index (χ0n) is 18.5. The average Bonchev–Trinajstić information content (AvgIpc) is 2.83. The summed E-state index contributed by atoms with van der Waals surface area (Å²) in [5, 5.41) is 2.68. The molecule has 0 bridgehead atoms. The summed E-state index contributed by atoms with van der Waals surface area (Å²) in [4.78, 5) is 26.3. The van der Waals surface area contributed by atoms with Crippen LogP contribution < -0.4 is 9.62 Å². The fraction of sp³-hybridized carbons (Fsp3) is 0.120. The minimum absolute atomic E-state index is 0.0143. The molecule has 0 radical (unpaired) electrons. The van der Waals surface area contributed by atoms with Gasteiger partial charge in [0.2, 0.25) is 5.91 Å². The normalized spacial score (nSPS) is 10.9. The maximum Gasteiger partial charge on any atom is 0.266 e. The Morgan fingerprint density at radius 1 is 1.00 bits per heavy atom. The van der Waals surface area contributed by atoms with Gasteiger partial charge in [0.1, 0.15) is 4.90 Å². The van der Waals surface area contributed by atoms with Crippen LogP contribution in [0.4, 0.5) is 11.4 Å². The van der Waals surface area contributed by atoms with Gasteiger partial charge < -0.3 is 10.2 Å². The van der Waals surface area contributed by atoms with Crippen molar-refractivity contribution in [3.8, 4) is 0 Å². The number of hydrogen-bond acceptors (Lipinski definition) is 4. The molecule has 1 N–H and O–H groups in total. The highest BCUT2D eigenvalue weighted by atomic mass is 35.5. The number of amides is 2. The Labute approximate surface area is 204 Å². The quantitative estimate of drug-likeness (QED) is 0.443. The lowest BCUT2D eigenvalue weighted by Crippen LogP contribution is -2.35. The van der Waals surface area contributed by atoms with E-state index in [0.29, 0.717) is 11.4 Å². The molecule has 34 heavy (non-hydrogen) atoms.